The summed E-state index contributed by atoms with van der Waals surface area (Å²) in [4.78, 5) is 25.8. The summed E-state index contributed by atoms with van der Waals surface area (Å²) in [5.41, 5.74) is 0.785. The topological polar surface area (TPSA) is 55.8 Å². The highest BCUT2D eigenvalue weighted by Crippen LogP contribution is 2.51. The first kappa shape index (κ1) is 17.6. The zero-order valence-electron chi connectivity index (χ0n) is 14.0. The molecule has 3 rings (SSSR count). The average molecular weight is 353 g/mol. The Kier molecular flexibility index (Phi) is 4.92. The summed E-state index contributed by atoms with van der Waals surface area (Å²) in [6.45, 7) is 1.62. The number of fused-ring (bicyclic) bond motifs is 1. The Morgan fingerprint density at radius 2 is 1.96 bits per heavy atom. The fourth-order valence-electron chi connectivity index (χ4n) is 3.78. The number of nitrogens with zero attached hydrogens (tertiary/aromatic N) is 1. The van der Waals surface area contributed by atoms with Crippen LogP contribution in [-0.2, 0) is 20.9 Å². The van der Waals surface area contributed by atoms with E-state index in [2.05, 4.69) is 0 Å². The van der Waals surface area contributed by atoms with Crippen molar-refractivity contribution in [2.45, 2.75) is 38.3 Å². The van der Waals surface area contributed by atoms with E-state index in [9.17, 15) is 18.4 Å². The Morgan fingerprint density at radius 3 is 2.64 bits per heavy atom. The first-order chi connectivity index (χ1) is 11.9. The van der Waals surface area contributed by atoms with Gasteiger partial charge < -0.3 is 9.47 Å². The zero-order valence-corrected chi connectivity index (χ0v) is 14.0. The molecule has 1 aliphatic carbocycles. The normalized spacial score (nSPS) is 27.0. The van der Waals surface area contributed by atoms with Gasteiger partial charge in [0.2, 0.25) is 0 Å². The third-order valence-corrected chi connectivity index (χ3v) is 4.97. The van der Waals surface area contributed by atoms with Crippen molar-refractivity contribution in [3.8, 4) is 0 Å². The largest absolute Gasteiger partial charge is 0.464 e. The number of hydrogen-bond acceptors (Lipinski definition) is 4. The van der Waals surface area contributed by atoms with E-state index in [1.165, 1.54) is 0 Å². The van der Waals surface area contributed by atoms with Gasteiger partial charge in [-0.25, -0.2) is 18.4 Å². The van der Waals surface area contributed by atoms with Gasteiger partial charge in [0.15, 0.2) is 0 Å². The molecule has 3 atom stereocenters. The van der Waals surface area contributed by atoms with Crippen LogP contribution in [0, 0.1) is 11.8 Å². The van der Waals surface area contributed by atoms with Crippen LogP contribution >= 0.6 is 0 Å². The lowest BCUT2D eigenvalue weighted by atomic mass is 9.93. The number of amides is 1. The predicted molar refractivity (Wildman–Crippen MR) is 84.9 cm³/mol. The summed E-state index contributed by atoms with van der Waals surface area (Å²) in [7, 11) is 0. The second kappa shape index (κ2) is 6.98. The molecule has 0 N–H and O–H groups in total. The molecule has 1 saturated heterocycles. The van der Waals surface area contributed by atoms with Crippen LogP contribution in [0.25, 0.3) is 0 Å². The highest BCUT2D eigenvalue weighted by atomic mass is 19.3. The fraction of sp³-hybridized carbons (Fsp3) is 0.556. The molecule has 1 aliphatic heterocycles. The SMILES string of the molecule is CCOC(=O)C1C2CCC(F)(F)C2CN1C(=O)OCc1ccccc1. The molecule has 0 aromatic heterocycles. The highest BCUT2D eigenvalue weighted by Gasteiger charge is 2.61. The molecule has 2 fully saturated rings. The number of rotatable bonds is 4. The lowest BCUT2D eigenvalue weighted by Crippen LogP contribution is -2.44. The molecule has 5 nitrogen and oxygen atoms in total. The van der Waals surface area contributed by atoms with E-state index >= 15 is 0 Å². The molecule has 2 aliphatic rings. The Labute approximate surface area is 144 Å². The van der Waals surface area contributed by atoms with E-state index < -0.39 is 35.9 Å². The van der Waals surface area contributed by atoms with Crippen molar-refractivity contribution in [3.05, 3.63) is 35.9 Å². The van der Waals surface area contributed by atoms with E-state index in [4.69, 9.17) is 9.47 Å². The number of alkyl halides is 2. The summed E-state index contributed by atoms with van der Waals surface area (Å²) in [5.74, 6) is -5.11. The summed E-state index contributed by atoms with van der Waals surface area (Å²) in [6, 6.07) is 8.05. The van der Waals surface area contributed by atoms with Crippen LogP contribution in [0.2, 0.25) is 0 Å². The maximum absolute atomic E-state index is 14.1. The molecule has 1 aromatic rings. The van der Waals surface area contributed by atoms with Gasteiger partial charge in [0.1, 0.15) is 12.6 Å². The monoisotopic (exact) mass is 353 g/mol. The van der Waals surface area contributed by atoms with Gasteiger partial charge in [-0.05, 0) is 18.9 Å². The van der Waals surface area contributed by atoms with Crippen molar-refractivity contribution in [3.63, 3.8) is 0 Å². The maximum atomic E-state index is 14.1. The molecular weight excluding hydrogens is 332 g/mol. The molecule has 1 amide bonds. The second-order valence-electron chi connectivity index (χ2n) is 6.46. The Balaban J connectivity index is 1.73. The molecule has 1 heterocycles. The number of likely N-dealkylation sites (tertiary alicyclic amines) is 1. The van der Waals surface area contributed by atoms with Gasteiger partial charge in [-0.15, -0.1) is 0 Å². The van der Waals surface area contributed by atoms with Crippen LogP contribution < -0.4 is 0 Å². The molecule has 136 valence electrons. The Morgan fingerprint density at radius 1 is 1.24 bits per heavy atom. The van der Waals surface area contributed by atoms with Gasteiger partial charge in [-0.2, -0.15) is 0 Å². The quantitative estimate of drug-likeness (QED) is 0.780. The molecular formula is C18H21F2NO4. The van der Waals surface area contributed by atoms with E-state index in [0.717, 1.165) is 10.5 Å². The van der Waals surface area contributed by atoms with Crippen LogP contribution in [0.15, 0.2) is 30.3 Å². The molecule has 1 saturated carbocycles. The van der Waals surface area contributed by atoms with Crippen LogP contribution in [-0.4, -0.2) is 42.1 Å². The highest BCUT2D eigenvalue weighted by molar-refractivity contribution is 5.82. The van der Waals surface area contributed by atoms with Crippen LogP contribution in [0.3, 0.4) is 0 Å². The lowest BCUT2D eigenvalue weighted by molar-refractivity contribution is -0.149. The van der Waals surface area contributed by atoms with Gasteiger partial charge >= 0.3 is 12.1 Å². The average Bonchev–Trinajstić information content (AvgIpc) is 3.12. The van der Waals surface area contributed by atoms with E-state index in [0.29, 0.717) is 0 Å². The van der Waals surface area contributed by atoms with E-state index in [1.54, 1.807) is 19.1 Å². The number of ether oxygens (including phenoxy) is 2. The molecule has 7 heteroatoms. The second-order valence-corrected chi connectivity index (χ2v) is 6.46. The van der Waals surface area contributed by atoms with Crippen molar-refractivity contribution in [2.75, 3.05) is 13.2 Å². The van der Waals surface area contributed by atoms with E-state index in [-0.39, 0.29) is 32.6 Å². The van der Waals surface area contributed by atoms with Crippen molar-refractivity contribution in [1.29, 1.82) is 0 Å². The third-order valence-electron chi connectivity index (χ3n) is 4.97. The minimum absolute atomic E-state index is 0.0252. The van der Waals surface area contributed by atoms with Gasteiger partial charge in [0.05, 0.1) is 6.61 Å². The number of carbonyl (C=O) groups excluding carboxylic acids is 2. The van der Waals surface area contributed by atoms with Crippen molar-refractivity contribution in [2.24, 2.45) is 11.8 Å². The smallest absolute Gasteiger partial charge is 0.410 e. The van der Waals surface area contributed by atoms with Gasteiger partial charge in [0.25, 0.3) is 5.92 Å². The number of esters is 1. The number of halogens is 2. The van der Waals surface area contributed by atoms with Gasteiger partial charge in [-0.1, -0.05) is 30.3 Å². The van der Waals surface area contributed by atoms with Crippen molar-refractivity contribution < 1.29 is 27.8 Å². The molecule has 0 spiro atoms. The first-order valence-electron chi connectivity index (χ1n) is 8.46. The first-order valence-corrected chi connectivity index (χ1v) is 8.46. The zero-order chi connectivity index (χ0) is 18.0. The number of benzene rings is 1. The predicted octanol–water partition coefficient (Wildman–Crippen LogP) is 3.23. The van der Waals surface area contributed by atoms with Crippen LogP contribution in [0.1, 0.15) is 25.3 Å². The molecule has 1 aromatic carbocycles. The van der Waals surface area contributed by atoms with Crippen molar-refractivity contribution in [1.82, 2.24) is 4.90 Å². The third kappa shape index (κ3) is 3.45. The summed E-state index contributed by atoms with van der Waals surface area (Å²) >= 11 is 0. The lowest BCUT2D eigenvalue weighted by Gasteiger charge is -2.25. The molecule has 0 radical (unpaired) electrons. The van der Waals surface area contributed by atoms with Gasteiger partial charge in [0, 0.05) is 24.8 Å². The molecule has 3 unspecified atom stereocenters. The minimum atomic E-state index is -2.87. The summed E-state index contributed by atoms with van der Waals surface area (Å²) < 4.78 is 38.4. The Bertz CT molecular complexity index is 637. The van der Waals surface area contributed by atoms with Crippen LogP contribution in [0.5, 0.6) is 0 Å². The van der Waals surface area contributed by atoms with Crippen LogP contribution in [0.4, 0.5) is 13.6 Å². The van der Waals surface area contributed by atoms with E-state index in [1.807, 2.05) is 18.2 Å². The summed E-state index contributed by atoms with van der Waals surface area (Å²) in [6.07, 6.45) is -0.818. The summed E-state index contributed by atoms with van der Waals surface area (Å²) in [5, 5.41) is 0. The fourth-order valence-corrected chi connectivity index (χ4v) is 3.78. The standard InChI is InChI=1S/C18H21F2NO4/c1-2-24-16(22)15-13-8-9-18(19,20)14(13)10-21(15)17(23)25-11-12-6-4-3-5-7-12/h3-7,13-15H,2,8-11H2,1H3. The maximum Gasteiger partial charge on any atom is 0.410 e. The number of carbonyl (C=O) groups is 2. The minimum Gasteiger partial charge on any atom is -0.464 e. The van der Waals surface area contributed by atoms with Crippen molar-refractivity contribution >= 4 is 12.1 Å². The molecule has 25 heavy (non-hydrogen) atoms. The Hall–Kier alpha value is -2.18. The molecule has 0 bridgehead atoms. The number of hydrogen-bond donors (Lipinski definition) is 0. The van der Waals surface area contributed by atoms with Gasteiger partial charge in [-0.3, -0.25) is 4.90 Å².